The summed E-state index contributed by atoms with van der Waals surface area (Å²) >= 11 is 1.83. The van der Waals surface area contributed by atoms with E-state index in [2.05, 4.69) is 28.7 Å². The van der Waals surface area contributed by atoms with Gasteiger partial charge >= 0.3 is 0 Å². The van der Waals surface area contributed by atoms with Gasteiger partial charge < -0.3 is 5.32 Å². The Morgan fingerprint density at radius 1 is 1.25 bits per heavy atom. The zero-order valence-electron chi connectivity index (χ0n) is 9.44. The number of nitrogens with one attached hydrogen (secondary N) is 1. The molecule has 0 saturated carbocycles. The Balaban J connectivity index is 1.85. The van der Waals surface area contributed by atoms with Crippen LogP contribution in [0.4, 0.5) is 0 Å². The van der Waals surface area contributed by atoms with Gasteiger partial charge in [-0.25, -0.2) is 0 Å². The molecule has 0 aliphatic heterocycles. The topological polar surface area (TPSA) is 24.9 Å². The number of thiophene rings is 1. The lowest BCUT2D eigenvalue weighted by Gasteiger charge is -2.04. The highest BCUT2D eigenvalue weighted by atomic mass is 32.1. The number of aromatic nitrogens is 1. The van der Waals surface area contributed by atoms with E-state index in [0.717, 1.165) is 25.2 Å². The Hall–Kier alpha value is -1.19. The van der Waals surface area contributed by atoms with Crippen molar-refractivity contribution in [1.29, 1.82) is 0 Å². The van der Waals surface area contributed by atoms with E-state index in [1.807, 2.05) is 35.7 Å². The second kappa shape index (κ2) is 5.77. The minimum Gasteiger partial charge on any atom is -0.306 e. The fourth-order valence-corrected chi connectivity index (χ4v) is 2.59. The molecule has 0 aliphatic carbocycles. The van der Waals surface area contributed by atoms with Crippen molar-refractivity contribution in [2.45, 2.75) is 26.4 Å². The molecule has 2 rings (SSSR count). The fraction of sp³-hybridized carbons (Fsp3) is 0.308. The third-order valence-electron chi connectivity index (χ3n) is 2.54. The van der Waals surface area contributed by atoms with Gasteiger partial charge in [0.05, 0.1) is 5.69 Å². The van der Waals surface area contributed by atoms with Crippen LogP contribution in [0.15, 0.2) is 35.8 Å². The van der Waals surface area contributed by atoms with Gasteiger partial charge in [0, 0.05) is 24.2 Å². The van der Waals surface area contributed by atoms with Crippen molar-refractivity contribution in [3.05, 3.63) is 52.0 Å². The molecule has 3 heteroatoms. The Kier molecular flexibility index (Phi) is 4.08. The van der Waals surface area contributed by atoms with Crippen molar-refractivity contribution in [2.75, 3.05) is 0 Å². The first-order chi connectivity index (χ1) is 7.90. The Morgan fingerprint density at radius 2 is 2.19 bits per heavy atom. The molecule has 1 N–H and O–H groups in total. The van der Waals surface area contributed by atoms with Gasteiger partial charge in [0.15, 0.2) is 0 Å². The molecule has 2 nitrogen and oxygen atoms in total. The SMILES string of the molecule is CCc1ccsc1CNCc1ccccn1. The molecule has 0 radical (unpaired) electrons. The van der Waals surface area contributed by atoms with Crippen LogP contribution in [0.3, 0.4) is 0 Å². The molecule has 0 fully saturated rings. The van der Waals surface area contributed by atoms with Crippen LogP contribution in [0.2, 0.25) is 0 Å². The van der Waals surface area contributed by atoms with Crippen molar-refractivity contribution in [1.82, 2.24) is 10.3 Å². The minimum atomic E-state index is 0.835. The first-order valence-corrected chi connectivity index (χ1v) is 6.44. The van der Waals surface area contributed by atoms with Gasteiger partial charge in [0.25, 0.3) is 0 Å². The second-order valence-corrected chi connectivity index (χ2v) is 4.65. The summed E-state index contributed by atoms with van der Waals surface area (Å²) in [5, 5.41) is 5.59. The second-order valence-electron chi connectivity index (χ2n) is 3.65. The van der Waals surface area contributed by atoms with E-state index in [9.17, 15) is 0 Å². The summed E-state index contributed by atoms with van der Waals surface area (Å²) in [5.41, 5.74) is 2.55. The number of rotatable bonds is 5. The first kappa shape index (κ1) is 11.3. The van der Waals surface area contributed by atoms with E-state index in [4.69, 9.17) is 0 Å². The molecule has 84 valence electrons. The molecule has 0 saturated heterocycles. The summed E-state index contributed by atoms with van der Waals surface area (Å²) in [6.07, 6.45) is 2.95. The highest BCUT2D eigenvalue weighted by Crippen LogP contribution is 2.16. The van der Waals surface area contributed by atoms with Crippen LogP contribution in [0.1, 0.15) is 23.1 Å². The normalized spacial score (nSPS) is 10.6. The lowest BCUT2D eigenvalue weighted by Crippen LogP contribution is -2.13. The monoisotopic (exact) mass is 232 g/mol. The summed E-state index contributed by atoms with van der Waals surface area (Å²) in [6.45, 7) is 3.98. The van der Waals surface area contributed by atoms with Crippen LogP contribution < -0.4 is 5.32 Å². The quantitative estimate of drug-likeness (QED) is 0.857. The molecule has 2 aromatic rings. The average Bonchev–Trinajstić information content (AvgIpc) is 2.78. The third-order valence-corrected chi connectivity index (χ3v) is 3.50. The highest BCUT2D eigenvalue weighted by Gasteiger charge is 2.01. The summed E-state index contributed by atoms with van der Waals surface area (Å²) in [5.74, 6) is 0. The van der Waals surface area contributed by atoms with Gasteiger partial charge in [-0.05, 0) is 35.6 Å². The smallest absolute Gasteiger partial charge is 0.0541 e. The van der Waals surface area contributed by atoms with Crippen LogP contribution >= 0.6 is 11.3 Å². The predicted octanol–water partition coefficient (Wildman–Crippen LogP) is 3.00. The molecule has 16 heavy (non-hydrogen) atoms. The Morgan fingerprint density at radius 3 is 2.94 bits per heavy atom. The van der Waals surface area contributed by atoms with E-state index in [1.54, 1.807) is 0 Å². The van der Waals surface area contributed by atoms with E-state index >= 15 is 0 Å². The number of aryl methyl sites for hydroxylation is 1. The standard InChI is InChI=1S/C13H16N2S/c1-2-11-6-8-16-13(11)10-14-9-12-5-3-4-7-15-12/h3-8,14H,2,9-10H2,1H3. The molecule has 0 aliphatic rings. The van der Waals surface area contributed by atoms with Crippen molar-refractivity contribution in [3.8, 4) is 0 Å². The zero-order valence-corrected chi connectivity index (χ0v) is 10.3. The zero-order chi connectivity index (χ0) is 11.2. The maximum Gasteiger partial charge on any atom is 0.0541 e. The Labute approximate surface area is 100 Å². The number of hydrogen-bond donors (Lipinski definition) is 1. The molecule has 0 bridgehead atoms. The largest absolute Gasteiger partial charge is 0.306 e. The van der Waals surface area contributed by atoms with Crippen molar-refractivity contribution in [2.24, 2.45) is 0 Å². The summed E-state index contributed by atoms with van der Waals surface area (Å²) < 4.78 is 0. The molecular formula is C13H16N2S. The van der Waals surface area contributed by atoms with E-state index in [-0.39, 0.29) is 0 Å². The van der Waals surface area contributed by atoms with Gasteiger partial charge in [-0.1, -0.05) is 13.0 Å². The lowest BCUT2D eigenvalue weighted by atomic mass is 10.2. The van der Waals surface area contributed by atoms with Crippen LogP contribution in [0.5, 0.6) is 0 Å². The molecule has 0 aromatic carbocycles. The van der Waals surface area contributed by atoms with Gasteiger partial charge in [0.1, 0.15) is 0 Å². The van der Waals surface area contributed by atoms with Gasteiger partial charge in [-0.2, -0.15) is 0 Å². The van der Waals surface area contributed by atoms with Gasteiger partial charge in [-0.15, -0.1) is 11.3 Å². The Bertz CT molecular complexity index is 423. The summed E-state index contributed by atoms with van der Waals surface area (Å²) in [4.78, 5) is 5.72. The number of pyridine rings is 1. The van der Waals surface area contributed by atoms with Crippen LogP contribution in [0.25, 0.3) is 0 Å². The van der Waals surface area contributed by atoms with Crippen LogP contribution in [-0.2, 0) is 19.5 Å². The fourth-order valence-electron chi connectivity index (χ4n) is 1.64. The lowest BCUT2D eigenvalue weighted by molar-refractivity contribution is 0.683. The molecule has 0 amide bonds. The van der Waals surface area contributed by atoms with Crippen molar-refractivity contribution >= 4 is 11.3 Å². The maximum absolute atomic E-state index is 4.28. The van der Waals surface area contributed by atoms with E-state index < -0.39 is 0 Å². The molecule has 2 heterocycles. The maximum atomic E-state index is 4.28. The summed E-state index contributed by atoms with van der Waals surface area (Å²) in [7, 11) is 0. The number of nitrogens with zero attached hydrogens (tertiary/aromatic N) is 1. The average molecular weight is 232 g/mol. The van der Waals surface area contributed by atoms with Crippen LogP contribution in [-0.4, -0.2) is 4.98 Å². The predicted molar refractivity (Wildman–Crippen MR) is 68.5 cm³/mol. The van der Waals surface area contributed by atoms with Crippen LogP contribution in [0, 0.1) is 0 Å². The molecule has 0 unspecified atom stereocenters. The molecule has 0 atom stereocenters. The third kappa shape index (κ3) is 2.90. The number of hydrogen-bond acceptors (Lipinski definition) is 3. The van der Waals surface area contributed by atoms with Gasteiger partial charge in [0.2, 0.25) is 0 Å². The molecule has 0 spiro atoms. The van der Waals surface area contributed by atoms with Crippen molar-refractivity contribution in [3.63, 3.8) is 0 Å². The van der Waals surface area contributed by atoms with E-state index in [0.29, 0.717) is 0 Å². The van der Waals surface area contributed by atoms with Gasteiger partial charge in [-0.3, -0.25) is 4.98 Å². The van der Waals surface area contributed by atoms with E-state index in [1.165, 1.54) is 10.4 Å². The molecular weight excluding hydrogens is 216 g/mol. The van der Waals surface area contributed by atoms with Crippen molar-refractivity contribution < 1.29 is 0 Å². The molecule has 2 aromatic heterocycles. The summed E-state index contributed by atoms with van der Waals surface area (Å²) in [6, 6.07) is 8.22. The minimum absolute atomic E-state index is 0.835. The highest BCUT2D eigenvalue weighted by molar-refractivity contribution is 7.10. The first-order valence-electron chi connectivity index (χ1n) is 5.56.